The van der Waals surface area contributed by atoms with E-state index in [1.807, 2.05) is 0 Å². The predicted octanol–water partition coefficient (Wildman–Crippen LogP) is 12.2. The first-order chi connectivity index (χ1) is 34.7. The lowest BCUT2D eigenvalue weighted by atomic mass is 9.66. The largest absolute Gasteiger partial charge is 0.481 e. The van der Waals surface area contributed by atoms with Crippen molar-refractivity contribution in [1.29, 1.82) is 0 Å². The van der Waals surface area contributed by atoms with Crippen LogP contribution in [0.25, 0.3) is 0 Å². The molecule has 0 aromatic heterocycles. The third-order valence-electron chi connectivity index (χ3n) is 10.8. The topological polar surface area (TPSA) is 149 Å². The van der Waals surface area contributed by atoms with Crippen molar-refractivity contribution < 1.29 is 221 Å². The van der Waals surface area contributed by atoms with Gasteiger partial charge in [0, 0.05) is 20.5 Å². The molecule has 490 valence electrons. The molecule has 0 spiro atoms. The van der Waals surface area contributed by atoms with E-state index in [2.05, 4.69) is 0 Å². The average molecular weight is 1370 g/mol. The van der Waals surface area contributed by atoms with Crippen LogP contribution in [-0.2, 0) is 29.6 Å². The van der Waals surface area contributed by atoms with Crippen molar-refractivity contribution in [3.63, 3.8) is 0 Å². The lowest BCUT2D eigenvalue weighted by molar-refractivity contribution is -0.458. The van der Waals surface area contributed by atoms with E-state index >= 15 is 26.3 Å². The van der Waals surface area contributed by atoms with Crippen LogP contribution in [-0.4, -0.2) is 180 Å². The summed E-state index contributed by atoms with van der Waals surface area (Å²) in [5.74, 6) is -146. The van der Waals surface area contributed by atoms with Crippen LogP contribution < -0.4 is 0 Å². The zero-order valence-electron chi connectivity index (χ0n) is 36.6. The molecule has 0 saturated heterocycles. The first-order valence-electron chi connectivity index (χ1n) is 18.0. The van der Waals surface area contributed by atoms with Gasteiger partial charge in [-0.25, -0.2) is 25.6 Å². The van der Waals surface area contributed by atoms with Gasteiger partial charge in [0.25, 0.3) is 31.6 Å². The zero-order chi connectivity index (χ0) is 67.9. The second-order valence-corrected chi connectivity index (χ2v) is 19.6. The maximum Gasteiger partial charge on any atom is 0.460 e. The third kappa shape index (κ3) is 9.37. The summed E-state index contributed by atoms with van der Waals surface area (Å²) >= 11 is 0. The molecule has 2 unspecified atom stereocenters. The second-order valence-electron chi connectivity index (χ2n) is 15.6. The number of carboxylic acid groups (broad SMARTS) is 2. The number of aliphatic carboxylic acids is 2. The standard InChI is InChI=1S/C28H14F42N2O8S2/c1-71(81(77,78)27(67,68)19(49,50)15(41,42)11(33,34)9(29,30)13(37,38)17(45,46)23(55,56)57)21(53,25(61,62)63)8(7(75)76,5-3-4-6(73)74)22(54,26(64,65)66)72(2)82(79,80)28(69,70)20(51,52)16(43,44)12(35,36)10(31,32)14(39,40)18(47,48)24(58,59)60/h3-5H2,1-2H3,(H,73,74)(H,75,76). The zero-order valence-corrected chi connectivity index (χ0v) is 38.2. The fourth-order valence-electron chi connectivity index (χ4n) is 6.12. The second kappa shape index (κ2) is 19.9. The molecular weight excluding hydrogens is 1350 g/mol. The van der Waals surface area contributed by atoms with E-state index in [0.29, 0.717) is 0 Å². The smallest absolute Gasteiger partial charge is 0.460 e. The summed E-state index contributed by atoms with van der Waals surface area (Å²) in [5.41, 5.74) is -8.58. The van der Waals surface area contributed by atoms with Crippen molar-refractivity contribution in [2.75, 3.05) is 14.1 Å². The molecule has 2 N–H and O–H groups in total. The highest BCUT2D eigenvalue weighted by atomic mass is 32.2. The molecule has 0 aromatic carbocycles. The third-order valence-corrected chi connectivity index (χ3v) is 14.6. The van der Waals surface area contributed by atoms with Gasteiger partial charge < -0.3 is 10.2 Å². The van der Waals surface area contributed by atoms with Crippen LogP contribution in [0, 0.1) is 5.41 Å². The van der Waals surface area contributed by atoms with Crippen LogP contribution in [0.5, 0.6) is 0 Å². The van der Waals surface area contributed by atoms with Crippen LogP contribution >= 0.6 is 0 Å². The Morgan fingerprint density at radius 2 is 0.500 bits per heavy atom. The minimum atomic E-state index is -10.7. The number of rotatable bonds is 25. The normalized spacial score (nSPS) is 18.6. The Labute approximate surface area is 418 Å². The first kappa shape index (κ1) is 77.8. The molecule has 0 bridgehead atoms. The monoisotopic (exact) mass is 1370 g/mol. The van der Waals surface area contributed by atoms with Crippen molar-refractivity contribution >= 4 is 32.0 Å². The molecule has 0 aliphatic heterocycles. The SMILES string of the molecule is CN(C(F)(C(F)(F)F)C(CCCC(=O)O)(C(=O)O)C(F)(N(C)S(=O)(=O)C(F)(F)C(F)(F)C(F)(F)C(F)(F)C(F)(F)C(F)(F)C(F)(F)C(F)(F)F)C(F)(F)F)S(=O)(=O)C(F)(F)C(F)(F)C(F)(F)C(F)(F)C(F)(F)C(F)(F)C(F)(F)C(F)(F)F. The highest BCUT2D eigenvalue weighted by Gasteiger charge is 3.00. The van der Waals surface area contributed by atoms with Gasteiger partial charge in [-0.15, -0.1) is 0 Å². The Hall–Kier alpha value is -4.18. The highest BCUT2D eigenvalue weighted by molar-refractivity contribution is 7.90. The van der Waals surface area contributed by atoms with Gasteiger partial charge in [0.1, 0.15) is 0 Å². The van der Waals surface area contributed by atoms with Gasteiger partial charge in [0.05, 0.1) is 0 Å². The van der Waals surface area contributed by atoms with Gasteiger partial charge in [-0.3, -0.25) is 9.59 Å². The average Bonchev–Trinajstić information content (AvgIpc) is 3.23. The van der Waals surface area contributed by atoms with E-state index in [0.717, 1.165) is 0 Å². The Morgan fingerprint density at radius 1 is 0.317 bits per heavy atom. The van der Waals surface area contributed by atoms with Crippen LogP contribution in [0.15, 0.2) is 0 Å². The van der Waals surface area contributed by atoms with E-state index in [1.54, 1.807) is 0 Å². The van der Waals surface area contributed by atoms with E-state index in [4.69, 9.17) is 5.11 Å². The molecule has 0 radical (unpaired) electrons. The van der Waals surface area contributed by atoms with E-state index in [9.17, 15) is 190 Å². The number of hydrogen-bond donors (Lipinski definition) is 2. The molecule has 0 aliphatic carbocycles. The van der Waals surface area contributed by atoms with Crippen molar-refractivity contribution in [3.05, 3.63) is 0 Å². The highest BCUT2D eigenvalue weighted by Crippen LogP contribution is 2.70. The van der Waals surface area contributed by atoms with E-state index in [1.165, 1.54) is 0 Å². The fourth-order valence-corrected chi connectivity index (χ4v) is 8.90. The summed E-state index contributed by atoms with van der Waals surface area (Å²) in [6.45, 7) is 0. The molecule has 10 nitrogen and oxygen atoms in total. The number of nitrogens with zero attached hydrogens (tertiary/aromatic N) is 2. The Bertz CT molecular complexity index is 2460. The van der Waals surface area contributed by atoms with Crippen molar-refractivity contribution in [2.24, 2.45) is 5.41 Å². The summed E-state index contributed by atoms with van der Waals surface area (Å²) in [4.78, 5) is 23.6. The molecule has 0 heterocycles. The minimum Gasteiger partial charge on any atom is -0.481 e. The number of carbonyl (C=O) groups is 2. The van der Waals surface area contributed by atoms with Crippen LogP contribution in [0.4, 0.5) is 184 Å². The van der Waals surface area contributed by atoms with Crippen molar-refractivity contribution in [1.82, 2.24) is 8.61 Å². The van der Waals surface area contributed by atoms with Gasteiger partial charge in [-0.05, 0) is 12.8 Å². The summed E-state index contributed by atoms with van der Waals surface area (Å²) in [6.07, 6.45) is -46.7. The maximum absolute atomic E-state index is 17.2. The van der Waals surface area contributed by atoms with E-state index < -0.39 is 197 Å². The van der Waals surface area contributed by atoms with E-state index in [-0.39, 0.29) is 0 Å². The summed E-state index contributed by atoms with van der Waals surface area (Å²) in [5, 5.41) is -1.52. The maximum atomic E-state index is 17.2. The predicted molar refractivity (Wildman–Crippen MR) is 166 cm³/mol. The molecule has 0 fully saturated rings. The molecule has 82 heavy (non-hydrogen) atoms. The summed E-state index contributed by atoms with van der Waals surface area (Å²) < 4.78 is 639. The number of sulfonamides is 2. The quantitative estimate of drug-likeness (QED) is 0.0678. The minimum absolute atomic E-state index is 2.58. The van der Waals surface area contributed by atoms with Crippen molar-refractivity contribution in [3.8, 4) is 0 Å². The summed E-state index contributed by atoms with van der Waals surface area (Å²) in [6, 6.07) is 0. The molecule has 0 rings (SSSR count). The number of alkyl halides is 42. The molecule has 54 heteroatoms. The van der Waals surface area contributed by atoms with Gasteiger partial charge in [-0.2, -0.15) is 184 Å². The Balaban J connectivity index is 9.57. The molecule has 0 aliphatic rings. The first-order valence-corrected chi connectivity index (χ1v) is 20.9. The van der Waals surface area contributed by atoms with Crippen LogP contribution in [0.3, 0.4) is 0 Å². The lowest BCUT2D eigenvalue weighted by Crippen LogP contribution is -2.82. The Kier molecular flexibility index (Phi) is 18.9. The van der Waals surface area contributed by atoms with Gasteiger partial charge in [0.15, 0.2) is 5.41 Å². The number of hydrogen-bond acceptors (Lipinski definition) is 6. The Morgan fingerprint density at radius 3 is 0.659 bits per heavy atom. The molecule has 0 aromatic rings. The van der Waals surface area contributed by atoms with Crippen molar-refractivity contribution in [2.45, 2.75) is 137 Å². The van der Waals surface area contributed by atoms with Crippen LogP contribution in [0.1, 0.15) is 19.3 Å². The molecular formula is C28H14F42N2O8S2. The molecule has 0 saturated carbocycles. The van der Waals surface area contributed by atoms with Gasteiger partial charge >= 0.3 is 118 Å². The lowest BCUT2D eigenvalue weighted by Gasteiger charge is -2.55. The fraction of sp³-hybridized carbons (Fsp3) is 0.929. The molecule has 0 amide bonds. The van der Waals surface area contributed by atoms with Gasteiger partial charge in [-0.1, -0.05) is 0 Å². The number of carboxylic acids is 2. The number of halogens is 42. The molecule has 2 atom stereocenters. The van der Waals surface area contributed by atoms with Crippen LogP contribution in [0.2, 0.25) is 0 Å². The van der Waals surface area contributed by atoms with Gasteiger partial charge in [0.2, 0.25) is 0 Å². The summed E-state index contributed by atoms with van der Waals surface area (Å²) in [7, 11) is -26.5.